The molecular weight excluding hydrogens is 200 g/mol. The molecule has 0 spiro atoms. The van der Waals surface area contributed by atoms with Crippen LogP contribution in [0.1, 0.15) is 12.8 Å². The third-order valence-electron chi connectivity index (χ3n) is 2.04. The van der Waals surface area contributed by atoms with Crippen LogP contribution in [0.3, 0.4) is 0 Å². The highest BCUT2D eigenvalue weighted by Gasteiger charge is 2.30. The first-order valence-corrected chi connectivity index (χ1v) is 4.58. The largest absolute Gasteiger partial charge is 0.480 e. The van der Waals surface area contributed by atoms with Crippen LogP contribution in [0, 0.1) is 5.92 Å². The van der Waals surface area contributed by atoms with Crippen molar-refractivity contribution in [1.29, 1.82) is 0 Å². The quantitative estimate of drug-likeness (QED) is 0.711. The number of rotatable bonds is 4. The smallest absolute Gasteiger partial charge is 0.325 e. The summed E-state index contributed by atoms with van der Waals surface area (Å²) in [7, 11) is 0. The summed E-state index contributed by atoms with van der Waals surface area (Å²) >= 11 is 0. The Labute approximate surface area is 85.1 Å². The number of aromatic nitrogens is 3. The average Bonchev–Trinajstić information content (AvgIpc) is 2.90. The molecule has 80 valence electrons. The predicted octanol–water partition coefficient (Wildman–Crippen LogP) is -0.289. The van der Waals surface area contributed by atoms with Crippen molar-refractivity contribution >= 4 is 17.7 Å². The zero-order chi connectivity index (χ0) is 10.8. The minimum atomic E-state index is -1.00. The van der Waals surface area contributed by atoms with Crippen molar-refractivity contribution in [2.45, 2.75) is 19.4 Å². The minimum absolute atomic E-state index is 0.0719. The number of hydrogen-bond acceptors (Lipinski definition) is 4. The molecule has 0 bridgehead atoms. The van der Waals surface area contributed by atoms with Crippen LogP contribution in [-0.4, -0.2) is 32.0 Å². The summed E-state index contributed by atoms with van der Waals surface area (Å²) in [6.45, 7) is -0.258. The maximum absolute atomic E-state index is 11.3. The van der Waals surface area contributed by atoms with Crippen molar-refractivity contribution in [3.8, 4) is 0 Å². The molecule has 1 aromatic heterocycles. The van der Waals surface area contributed by atoms with Gasteiger partial charge < -0.3 is 10.4 Å². The van der Waals surface area contributed by atoms with Gasteiger partial charge in [0.1, 0.15) is 6.54 Å². The topological polar surface area (TPSA) is 97.1 Å². The van der Waals surface area contributed by atoms with Gasteiger partial charge in [0.15, 0.2) is 5.82 Å². The van der Waals surface area contributed by atoms with Crippen molar-refractivity contribution in [3.63, 3.8) is 0 Å². The number of hydrogen-bond donors (Lipinski definition) is 2. The lowest BCUT2D eigenvalue weighted by Gasteiger charge is -1.96. The van der Waals surface area contributed by atoms with Gasteiger partial charge in [-0.25, -0.2) is 4.68 Å². The van der Waals surface area contributed by atoms with E-state index in [2.05, 4.69) is 15.6 Å². The molecule has 1 saturated carbocycles. The van der Waals surface area contributed by atoms with Crippen LogP contribution >= 0.6 is 0 Å². The molecule has 2 N–H and O–H groups in total. The van der Waals surface area contributed by atoms with Crippen molar-refractivity contribution in [2.24, 2.45) is 5.92 Å². The maximum Gasteiger partial charge on any atom is 0.325 e. The fraction of sp³-hybridized carbons (Fsp3) is 0.500. The summed E-state index contributed by atoms with van der Waals surface area (Å²) in [6.07, 6.45) is 3.22. The lowest BCUT2D eigenvalue weighted by atomic mass is 10.4. The second-order valence-electron chi connectivity index (χ2n) is 3.46. The van der Waals surface area contributed by atoms with E-state index in [9.17, 15) is 9.59 Å². The van der Waals surface area contributed by atoms with Crippen LogP contribution in [0.4, 0.5) is 5.82 Å². The lowest BCUT2D eigenvalue weighted by molar-refractivity contribution is -0.137. The fourth-order valence-corrected chi connectivity index (χ4v) is 1.15. The Balaban J connectivity index is 1.94. The van der Waals surface area contributed by atoms with Crippen LogP contribution in [-0.2, 0) is 16.1 Å². The van der Waals surface area contributed by atoms with Crippen molar-refractivity contribution in [1.82, 2.24) is 15.0 Å². The molecule has 2 rings (SSSR count). The summed E-state index contributed by atoms with van der Waals surface area (Å²) in [6, 6.07) is 0. The van der Waals surface area contributed by atoms with E-state index in [4.69, 9.17) is 5.11 Å². The second-order valence-corrected chi connectivity index (χ2v) is 3.46. The van der Waals surface area contributed by atoms with Crippen LogP contribution < -0.4 is 5.32 Å². The Hall–Kier alpha value is -1.92. The Morgan fingerprint density at radius 3 is 2.93 bits per heavy atom. The Bertz CT molecular complexity index is 396. The summed E-state index contributed by atoms with van der Waals surface area (Å²) < 4.78 is 1.16. The number of anilines is 1. The predicted molar refractivity (Wildman–Crippen MR) is 49.0 cm³/mol. The van der Waals surface area contributed by atoms with E-state index in [1.165, 1.54) is 6.20 Å². The molecule has 0 saturated heterocycles. The lowest BCUT2D eigenvalue weighted by Crippen LogP contribution is -2.13. The van der Waals surface area contributed by atoms with Crippen molar-refractivity contribution in [2.75, 3.05) is 5.32 Å². The van der Waals surface area contributed by atoms with Gasteiger partial charge in [-0.3, -0.25) is 9.59 Å². The van der Waals surface area contributed by atoms with Gasteiger partial charge in [-0.15, -0.1) is 5.10 Å². The third kappa shape index (κ3) is 2.52. The molecule has 1 amide bonds. The SMILES string of the molecule is O=C(O)Cn1cc(NC(=O)C2CC2)nn1. The fourth-order valence-electron chi connectivity index (χ4n) is 1.15. The minimum Gasteiger partial charge on any atom is -0.480 e. The molecule has 0 radical (unpaired) electrons. The van der Waals surface area contributed by atoms with Gasteiger partial charge >= 0.3 is 5.97 Å². The Morgan fingerprint density at radius 1 is 1.60 bits per heavy atom. The molecule has 0 atom stereocenters. The van der Waals surface area contributed by atoms with E-state index in [0.717, 1.165) is 17.5 Å². The molecule has 1 aromatic rings. The van der Waals surface area contributed by atoms with Gasteiger partial charge in [-0.1, -0.05) is 5.21 Å². The van der Waals surface area contributed by atoms with E-state index < -0.39 is 5.97 Å². The third-order valence-corrected chi connectivity index (χ3v) is 2.04. The van der Waals surface area contributed by atoms with Gasteiger partial charge in [0, 0.05) is 5.92 Å². The first-order valence-electron chi connectivity index (χ1n) is 4.58. The van der Waals surface area contributed by atoms with Gasteiger partial charge in [0.2, 0.25) is 5.91 Å². The van der Waals surface area contributed by atoms with Crippen LogP contribution in [0.2, 0.25) is 0 Å². The van der Waals surface area contributed by atoms with Crippen LogP contribution in [0.5, 0.6) is 0 Å². The highest BCUT2D eigenvalue weighted by Crippen LogP contribution is 2.29. The van der Waals surface area contributed by atoms with Crippen LogP contribution in [0.15, 0.2) is 6.20 Å². The number of nitrogens with one attached hydrogen (secondary N) is 1. The van der Waals surface area contributed by atoms with Crippen LogP contribution in [0.25, 0.3) is 0 Å². The maximum atomic E-state index is 11.3. The van der Waals surface area contributed by atoms with E-state index in [-0.39, 0.29) is 18.4 Å². The number of nitrogens with zero attached hydrogens (tertiary/aromatic N) is 3. The number of carboxylic acid groups (broad SMARTS) is 1. The summed E-state index contributed by atoms with van der Waals surface area (Å²) in [5.74, 6) is -0.680. The van der Waals surface area contributed by atoms with E-state index >= 15 is 0 Å². The zero-order valence-electron chi connectivity index (χ0n) is 7.88. The van der Waals surface area contributed by atoms with Gasteiger partial charge in [0.05, 0.1) is 6.20 Å². The van der Waals surface area contributed by atoms with E-state index in [1.807, 2.05) is 0 Å². The zero-order valence-corrected chi connectivity index (χ0v) is 7.88. The molecule has 0 aliphatic heterocycles. The van der Waals surface area contributed by atoms with Crippen molar-refractivity contribution in [3.05, 3.63) is 6.20 Å². The number of carbonyl (C=O) groups excluding carboxylic acids is 1. The summed E-state index contributed by atoms with van der Waals surface area (Å²) in [5.41, 5.74) is 0. The van der Waals surface area contributed by atoms with Gasteiger partial charge in [-0.2, -0.15) is 0 Å². The number of aliphatic carboxylic acids is 1. The second kappa shape index (κ2) is 3.68. The molecule has 1 heterocycles. The standard InChI is InChI=1S/C8H10N4O3/c13-7(14)4-12-3-6(10-11-12)9-8(15)5-1-2-5/h3,5H,1-2,4H2,(H,9,15)(H,13,14). The van der Waals surface area contributed by atoms with Gasteiger partial charge in [0.25, 0.3) is 0 Å². The van der Waals surface area contributed by atoms with Crippen molar-refractivity contribution < 1.29 is 14.7 Å². The number of amides is 1. The Kier molecular flexibility index (Phi) is 2.36. The molecule has 7 nitrogen and oxygen atoms in total. The van der Waals surface area contributed by atoms with E-state index in [1.54, 1.807) is 0 Å². The monoisotopic (exact) mass is 210 g/mol. The molecule has 0 unspecified atom stereocenters. The first-order chi connectivity index (χ1) is 7.15. The summed E-state index contributed by atoms with van der Waals surface area (Å²) in [5, 5.41) is 18.2. The first kappa shape index (κ1) is 9.63. The van der Waals surface area contributed by atoms with Gasteiger partial charge in [-0.05, 0) is 12.8 Å². The molecule has 1 aliphatic rings. The molecule has 1 fully saturated rings. The average molecular weight is 210 g/mol. The Morgan fingerprint density at radius 2 is 2.33 bits per heavy atom. The number of carbonyl (C=O) groups is 2. The molecule has 1 aliphatic carbocycles. The highest BCUT2D eigenvalue weighted by atomic mass is 16.4. The summed E-state index contributed by atoms with van der Waals surface area (Å²) in [4.78, 5) is 21.6. The molecule has 0 aromatic carbocycles. The highest BCUT2D eigenvalue weighted by molar-refractivity contribution is 5.93. The normalized spacial score (nSPS) is 14.9. The van der Waals surface area contributed by atoms with E-state index in [0.29, 0.717) is 5.82 Å². The molecule has 15 heavy (non-hydrogen) atoms. The molecular formula is C8H10N4O3. The molecule has 7 heteroatoms. The number of carboxylic acids is 1.